The average molecular weight is 258 g/mol. The van der Waals surface area contributed by atoms with Crippen LogP contribution in [0.5, 0.6) is 0 Å². The van der Waals surface area contributed by atoms with Gasteiger partial charge in [-0.05, 0) is 34.0 Å². The molecule has 1 unspecified atom stereocenters. The molecule has 0 saturated carbocycles. The summed E-state index contributed by atoms with van der Waals surface area (Å²) in [6, 6.07) is 3.50. The number of rotatable bonds is 0. The minimum Gasteiger partial charge on any atom is -0.323 e. The number of hydrogen-bond donors (Lipinski definition) is 1. The van der Waals surface area contributed by atoms with E-state index in [0.29, 0.717) is 16.6 Å². The van der Waals surface area contributed by atoms with E-state index >= 15 is 0 Å². The summed E-state index contributed by atoms with van der Waals surface area (Å²) in [4.78, 5) is 11.3. The number of amides is 1. The van der Waals surface area contributed by atoms with Crippen molar-refractivity contribution in [2.75, 3.05) is 5.32 Å². The van der Waals surface area contributed by atoms with Gasteiger partial charge in [-0.3, -0.25) is 4.79 Å². The van der Waals surface area contributed by atoms with Crippen LogP contribution < -0.4 is 5.32 Å². The second kappa shape index (κ2) is 3.35. The monoisotopic (exact) mass is 257 g/mol. The van der Waals surface area contributed by atoms with Crippen molar-refractivity contribution in [2.24, 2.45) is 5.92 Å². The first-order chi connectivity index (χ1) is 6.59. The number of nitrogens with one attached hydrogen (secondary N) is 1. The summed E-state index contributed by atoms with van der Waals surface area (Å²) < 4.78 is 13.9. The zero-order chi connectivity index (χ0) is 10.3. The minimum atomic E-state index is -0.386. The molecular weight excluding hydrogens is 249 g/mol. The van der Waals surface area contributed by atoms with Gasteiger partial charge in [0.1, 0.15) is 0 Å². The molecule has 4 heteroatoms. The lowest BCUT2D eigenvalue weighted by atomic mass is 9.95. The number of fused-ring (bicyclic) bond motifs is 1. The zero-order valence-electron chi connectivity index (χ0n) is 7.60. The van der Waals surface area contributed by atoms with Gasteiger partial charge in [0.25, 0.3) is 0 Å². The van der Waals surface area contributed by atoms with E-state index < -0.39 is 0 Å². The molecule has 1 aliphatic rings. The Morgan fingerprint density at radius 2 is 2.29 bits per heavy atom. The van der Waals surface area contributed by atoms with Crippen LogP contribution in [-0.4, -0.2) is 5.91 Å². The lowest BCUT2D eigenvalue weighted by Crippen LogP contribution is -2.28. The predicted molar refractivity (Wildman–Crippen MR) is 55.6 cm³/mol. The first-order valence-corrected chi connectivity index (χ1v) is 5.16. The Labute approximate surface area is 89.6 Å². The number of anilines is 1. The smallest absolute Gasteiger partial charge is 0.227 e. The molecule has 74 valence electrons. The van der Waals surface area contributed by atoms with Crippen molar-refractivity contribution in [1.82, 2.24) is 0 Å². The van der Waals surface area contributed by atoms with Crippen LogP contribution in [0.4, 0.5) is 10.1 Å². The van der Waals surface area contributed by atoms with Crippen molar-refractivity contribution in [2.45, 2.75) is 13.3 Å². The molecule has 0 aromatic heterocycles. The van der Waals surface area contributed by atoms with Crippen LogP contribution in [0.1, 0.15) is 12.5 Å². The van der Waals surface area contributed by atoms with Crippen LogP contribution in [0.15, 0.2) is 16.6 Å². The Bertz CT molecular complexity index is 405. The van der Waals surface area contributed by atoms with E-state index in [1.54, 1.807) is 6.07 Å². The van der Waals surface area contributed by atoms with E-state index in [1.165, 1.54) is 0 Å². The van der Waals surface area contributed by atoms with Crippen LogP contribution in [0.2, 0.25) is 0 Å². The average Bonchev–Trinajstić information content (AvgIpc) is 2.15. The fraction of sp³-hybridized carbons (Fsp3) is 0.300. The zero-order valence-corrected chi connectivity index (χ0v) is 9.19. The van der Waals surface area contributed by atoms with Crippen molar-refractivity contribution in [1.29, 1.82) is 0 Å². The molecule has 2 nitrogen and oxygen atoms in total. The van der Waals surface area contributed by atoms with Gasteiger partial charge in [-0.1, -0.05) is 13.0 Å². The van der Waals surface area contributed by atoms with Gasteiger partial charge in [0.15, 0.2) is 5.82 Å². The Balaban J connectivity index is 2.52. The number of halogens is 2. The molecule has 1 N–H and O–H groups in total. The van der Waals surface area contributed by atoms with Crippen molar-refractivity contribution in [3.63, 3.8) is 0 Å². The molecule has 1 aromatic carbocycles. The molecule has 1 aliphatic heterocycles. The van der Waals surface area contributed by atoms with Crippen molar-refractivity contribution < 1.29 is 9.18 Å². The Hall–Kier alpha value is -0.900. The quantitative estimate of drug-likeness (QED) is 0.761. The predicted octanol–water partition coefficient (Wildman–Crippen LogP) is 2.72. The van der Waals surface area contributed by atoms with Gasteiger partial charge >= 0.3 is 0 Å². The molecule has 0 spiro atoms. The van der Waals surface area contributed by atoms with Crippen LogP contribution >= 0.6 is 15.9 Å². The third-order valence-electron chi connectivity index (χ3n) is 2.40. The van der Waals surface area contributed by atoms with Crippen molar-refractivity contribution >= 4 is 27.5 Å². The first-order valence-electron chi connectivity index (χ1n) is 4.37. The molecule has 1 atom stereocenters. The Morgan fingerprint density at radius 3 is 3.00 bits per heavy atom. The Morgan fingerprint density at radius 1 is 1.57 bits per heavy atom. The molecule has 0 bridgehead atoms. The van der Waals surface area contributed by atoms with Crippen LogP contribution in [0, 0.1) is 11.7 Å². The van der Waals surface area contributed by atoms with E-state index in [0.717, 1.165) is 5.56 Å². The van der Waals surface area contributed by atoms with Crippen molar-refractivity contribution in [3.8, 4) is 0 Å². The number of carbonyl (C=O) groups excluding carboxylic acids is 1. The SMILES string of the molecule is CC1Cc2ccc(Br)c(F)c2NC1=O. The van der Waals surface area contributed by atoms with Crippen LogP contribution in [0.25, 0.3) is 0 Å². The molecule has 14 heavy (non-hydrogen) atoms. The molecule has 2 rings (SSSR count). The van der Waals surface area contributed by atoms with E-state index in [4.69, 9.17) is 0 Å². The summed E-state index contributed by atoms with van der Waals surface area (Å²) in [5.41, 5.74) is 1.18. The molecule has 0 fully saturated rings. The maximum Gasteiger partial charge on any atom is 0.227 e. The summed E-state index contributed by atoms with van der Waals surface area (Å²) in [6.07, 6.45) is 0.603. The van der Waals surface area contributed by atoms with E-state index in [9.17, 15) is 9.18 Å². The van der Waals surface area contributed by atoms with Gasteiger partial charge in [-0.15, -0.1) is 0 Å². The lowest BCUT2D eigenvalue weighted by molar-refractivity contribution is -0.119. The summed E-state index contributed by atoms with van der Waals surface area (Å²) in [6.45, 7) is 1.83. The minimum absolute atomic E-state index is 0.0805. The highest BCUT2D eigenvalue weighted by Gasteiger charge is 2.25. The largest absolute Gasteiger partial charge is 0.323 e. The fourth-order valence-electron chi connectivity index (χ4n) is 1.56. The number of benzene rings is 1. The van der Waals surface area contributed by atoms with Gasteiger partial charge in [0.2, 0.25) is 5.91 Å². The molecule has 0 saturated heterocycles. The summed E-state index contributed by atoms with van der Waals surface area (Å²) in [7, 11) is 0. The normalized spacial score (nSPS) is 20.2. The maximum absolute atomic E-state index is 13.5. The van der Waals surface area contributed by atoms with Crippen LogP contribution in [-0.2, 0) is 11.2 Å². The van der Waals surface area contributed by atoms with Gasteiger partial charge in [0, 0.05) is 5.92 Å². The van der Waals surface area contributed by atoms with Crippen LogP contribution in [0.3, 0.4) is 0 Å². The third kappa shape index (κ3) is 1.43. The highest BCUT2D eigenvalue weighted by atomic mass is 79.9. The highest BCUT2D eigenvalue weighted by molar-refractivity contribution is 9.10. The molecule has 1 heterocycles. The molecule has 0 aliphatic carbocycles. The second-order valence-electron chi connectivity index (χ2n) is 3.49. The van der Waals surface area contributed by atoms with Gasteiger partial charge < -0.3 is 5.32 Å². The summed E-state index contributed by atoms with van der Waals surface area (Å²) in [5, 5.41) is 2.57. The van der Waals surface area contributed by atoms with Gasteiger partial charge in [-0.25, -0.2) is 4.39 Å². The fourth-order valence-corrected chi connectivity index (χ4v) is 1.90. The topological polar surface area (TPSA) is 29.1 Å². The summed E-state index contributed by atoms with van der Waals surface area (Å²) in [5.74, 6) is -0.583. The molecule has 1 aromatic rings. The standard InChI is InChI=1S/C10H9BrFNO/c1-5-4-6-2-3-7(11)8(12)9(6)13-10(5)14/h2-3,5H,4H2,1H3,(H,13,14). The van der Waals surface area contributed by atoms with E-state index in [-0.39, 0.29) is 17.6 Å². The Kier molecular flexibility index (Phi) is 2.31. The molecule has 1 amide bonds. The van der Waals surface area contributed by atoms with E-state index in [2.05, 4.69) is 21.2 Å². The van der Waals surface area contributed by atoms with Gasteiger partial charge in [0.05, 0.1) is 10.2 Å². The number of carbonyl (C=O) groups is 1. The van der Waals surface area contributed by atoms with E-state index in [1.807, 2.05) is 13.0 Å². The van der Waals surface area contributed by atoms with Crippen molar-refractivity contribution in [3.05, 3.63) is 28.0 Å². The second-order valence-corrected chi connectivity index (χ2v) is 4.34. The molecule has 0 radical (unpaired) electrons. The third-order valence-corrected chi connectivity index (χ3v) is 3.02. The molecular formula is C10H9BrFNO. The summed E-state index contributed by atoms with van der Waals surface area (Å²) >= 11 is 3.08. The lowest BCUT2D eigenvalue weighted by Gasteiger charge is -2.22. The van der Waals surface area contributed by atoms with Gasteiger partial charge in [-0.2, -0.15) is 0 Å². The highest BCUT2D eigenvalue weighted by Crippen LogP contribution is 2.31. The maximum atomic E-state index is 13.5. The number of hydrogen-bond acceptors (Lipinski definition) is 1. The first kappa shape index (κ1) is 9.65.